The Morgan fingerprint density at radius 1 is 1.36 bits per heavy atom. The number of amides is 2. The number of methoxy groups -OCH3 is 1. The van der Waals surface area contributed by atoms with E-state index >= 15 is 0 Å². The molecule has 7 heteroatoms. The van der Waals surface area contributed by atoms with Crippen LogP contribution in [0.15, 0.2) is 29.6 Å². The minimum Gasteiger partial charge on any atom is -0.464 e. The zero-order chi connectivity index (χ0) is 17.8. The summed E-state index contributed by atoms with van der Waals surface area (Å²) in [6.45, 7) is 2.46. The highest BCUT2D eigenvalue weighted by atomic mass is 32.1. The summed E-state index contributed by atoms with van der Waals surface area (Å²) < 4.78 is 4.68. The lowest BCUT2D eigenvalue weighted by atomic mass is 10.1. The van der Waals surface area contributed by atoms with Gasteiger partial charge in [0.1, 0.15) is 5.01 Å². The number of para-hydroxylation sites is 1. The number of hydrogen-bond acceptors (Lipinski definition) is 5. The third-order valence-corrected chi connectivity index (χ3v) is 4.97. The van der Waals surface area contributed by atoms with Gasteiger partial charge in [-0.25, -0.2) is 14.6 Å². The molecule has 1 aliphatic rings. The maximum Gasteiger partial charge on any atom is 0.357 e. The van der Waals surface area contributed by atoms with Crippen LogP contribution < -0.4 is 5.32 Å². The predicted octanol–water partition coefficient (Wildman–Crippen LogP) is 3.69. The molecule has 0 unspecified atom stereocenters. The molecule has 2 aromatic rings. The van der Waals surface area contributed by atoms with E-state index in [1.165, 1.54) is 18.4 Å². The summed E-state index contributed by atoms with van der Waals surface area (Å²) in [5, 5.41) is 5.41. The molecule has 0 aliphatic heterocycles. The SMILES string of the molecule is CCc1ccccc1NC(=O)N(Cc1nc(C(=O)OC)cs1)C1CC1. The van der Waals surface area contributed by atoms with Crippen LogP contribution in [-0.2, 0) is 17.7 Å². The smallest absolute Gasteiger partial charge is 0.357 e. The van der Waals surface area contributed by atoms with Crippen LogP contribution in [0.4, 0.5) is 10.5 Å². The summed E-state index contributed by atoms with van der Waals surface area (Å²) in [6, 6.07) is 7.93. The number of rotatable bonds is 6. The molecule has 1 saturated carbocycles. The molecule has 1 aromatic carbocycles. The number of anilines is 1. The fraction of sp³-hybridized carbons (Fsp3) is 0.389. The van der Waals surface area contributed by atoms with Gasteiger partial charge in [-0.2, -0.15) is 0 Å². The Morgan fingerprint density at radius 3 is 2.80 bits per heavy atom. The van der Waals surface area contributed by atoms with Crippen molar-refractivity contribution in [1.29, 1.82) is 0 Å². The summed E-state index contributed by atoms with van der Waals surface area (Å²) in [5.74, 6) is -0.457. The Bertz CT molecular complexity index is 770. The van der Waals surface area contributed by atoms with Crippen LogP contribution >= 0.6 is 11.3 Å². The molecule has 1 aromatic heterocycles. The number of aryl methyl sites for hydroxylation is 1. The van der Waals surface area contributed by atoms with Gasteiger partial charge in [-0.05, 0) is 30.9 Å². The fourth-order valence-corrected chi connectivity index (χ4v) is 3.38. The van der Waals surface area contributed by atoms with Crippen LogP contribution in [0.1, 0.15) is 40.8 Å². The Labute approximate surface area is 150 Å². The predicted molar refractivity (Wildman–Crippen MR) is 96.9 cm³/mol. The highest BCUT2D eigenvalue weighted by molar-refractivity contribution is 7.09. The molecular weight excluding hydrogens is 338 g/mol. The van der Waals surface area contributed by atoms with Crippen molar-refractivity contribution in [1.82, 2.24) is 9.88 Å². The maximum absolute atomic E-state index is 12.8. The first-order chi connectivity index (χ1) is 12.1. The molecule has 1 fully saturated rings. The van der Waals surface area contributed by atoms with E-state index < -0.39 is 5.97 Å². The maximum atomic E-state index is 12.8. The van der Waals surface area contributed by atoms with E-state index in [0.717, 1.165) is 35.5 Å². The molecule has 0 radical (unpaired) electrons. The van der Waals surface area contributed by atoms with Gasteiger partial charge in [0.15, 0.2) is 5.69 Å². The Kier molecular flexibility index (Phi) is 5.33. The second-order valence-corrected chi connectivity index (χ2v) is 6.86. The topological polar surface area (TPSA) is 71.5 Å². The van der Waals surface area contributed by atoms with Crippen LogP contribution in [0.25, 0.3) is 0 Å². The number of hydrogen-bond donors (Lipinski definition) is 1. The summed E-state index contributed by atoms with van der Waals surface area (Å²) >= 11 is 1.36. The number of esters is 1. The molecule has 0 spiro atoms. The van der Waals surface area contributed by atoms with Gasteiger partial charge in [-0.1, -0.05) is 25.1 Å². The molecule has 3 rings (SSSR count). The van der Waals surface area contributed by atoms with Gasteiger partial charge >= 0.3 is 12.0 Å². The zero-order valence-corrected chi connectivity index (χ0v) is 15.1. The number of nitrogens with zero attached hydrogens (tertiary/aromatic N) is 2. The second-order valence-electron chi connectivity index (χ2n) is 5.92. The van der Waals surface area contributed by atoms with E-state index in [9.17, 15) is 9.59 Å². The zero-order valence-electron chi connectivity index (χ0n) is 14.3. The lowest BCUT2D eigenvalue weighted by Gasteiger charge is -2.22. The Hall–Kier alpha value is -2.41. The average Bonchev–Trinajstić information content (AvgIpc) is 3.37. The monoisotopic (exact) mass is 359 g/mol. The summed E-state index contributed by atoms with van der Waals surface area (Å²) in [5.41, 5.74) is 2.24. The lowest BCUT2D eigenvalue weighted by Crippen LogP contribution is -2.36. The van der Waals surface area contributed by atoms with E-state index in [1.54, 1.807) is 10.3 Å². The number of benzene rings is 1. The van der Waals surface area contributed by atoms with Crippen molar-refractivity contribution in [2.45, 2.75) is 38.8 Å². The number of thiazole rings is 1. The Balaban J connectivity index is 1.71. The van der Waals surface area contributed by atoms with Gasteiger partial charge in [0.05, 0.1) is 13.7 Å². The van der Waals surface area contributed by atoms with Crippen molar-refractivity contribution in [3.05, 3.63) is 45.9 Å². The molecule has 0 bridgehead atoms. The molecule has 25 heavy (non-hydrogen) atoms. The van der Waals surface area contributed by atoms with Crippen LogP contribution in [0, 0.1) is 0 Å². The van der Waals surface area contributed by atoms with E-state index in [1.807, 2.05) is 24.3 Å². The first-order valence-electron chi connectivity index (χ1n) is 8.30. The van der Waals surface area contributed by atoms with E-state index in [-0.39, 0.29) is 17.8 Å². The quantitative estimate of drug-likeness (QED) is 0.799. The number of nitrogens with one attached hydrogen (secondary N) is 1. The average molecular weight is 359 g/mol. The van der Waals surface area contributed by atoms with Crippen molar-refractivity contribution < 1.29 is 14.3 Å². The molecular formula is C18H21N3O3S. The van der Waals surface area contributed by atoms with Crippen molar-refractivity contribution >= 4 is 29.0 Å². The van der Waals surface area contributed by atoms with E-state index in [4.69, 9.17) is 0 Å². The number of carbonyl (C=O) groups is 2. The van der Waals surface area contributed by atoms with E-state index in [0.29, 0.717) is 6.54 Å². The molecule has 1 heterocycles. The highest BCUT2D eigenvalue weighted by Crippen LogP contribution is 2.30. The number of aromatic nitrogens is 1. The largest absolute Gasteiger partial charge is 0.464 e. The molecule has 1 aliphatic carbocycles. The number of ether oxygens (including phenoxy) is 1. The number of urea groups is 1. The molecule has 0 saturated heterocycles. The van der Waals surface area contributed by atoms with Crippen molar-refractivity contribution in [3.63, 3.8) is 0 Å². The third-order valence-electron chi connectivity index (χ3n) is 4.14. The summed E-state index contributed by atoms with van der Waals surface area (Å²) in [7, 11) is 1.33. The molecule has 6 nitrogen and oxygen atoms in total. The fourth-order valence-electron chi connectivity index (χ4n) is 2.62. The van der Waals surface area contributed by atoms with Crippen molar-refractivity contribution in [2.24, 2.45) is 0 Å². The molecule has 2 amide bonds. The van der Waals surface area contributed by atoms with Gasteiger partial charge in [-0.15, -0.1) is 11.3 Å². The second kappa shape index (κ2) is 7.65. The molecule has 132 valence electrons. The number of carbonyl (C=O) groups excluding carboxylic acids is 2. The van der Waals surface area contributed by atoms with Crippen LogP contribution in [0.2, 0.25) is 0 Å². The molecule has 0 atom stereocenters. The minimum absolute atomic E-state index is 0.127. The summed E-state index contributed by atoms with van der Waals surface area (Å²) in [6.07, 6.45) is 2.85. The van der Waals surface area contributed by atoms with Gasteiger partial charge in [0, 0.05) is 17.1 Å². The minimum atomic E-state index is -0.457. The summed E-state index contributed by atoms with van der Waals surface area (Å²) in [4.78, 5) is 30.4. The van der Waals surface area contributed by atoms with Crippen molar-refractivity contribution in [2.75, 3.05) is 12.4 Å². The first-order valence-corrected chi connectivity index (χ1v) is 9.18. The molecule has 1 N–H and O–H groups in total. The third kappa shape index (κ3) is 4.17. The van der Waals surface area contributed by atoms with Gasteiger partial charge in [0.25, 0.3) is 0 Å². The van der Waals surface area contributed by atoms with Gasteiger partial charge in [0.2, 0.25) is 0 Å². The van der Waals surface area contributed by atoms with Crippen LogP contribution in [-0.4, -0.2) is 35.0 Å². The van der Waals surface area contributed by atoms with E-state index in [2.05, 4.69) is 22.0 Å². The van der Waals surface area contributed by atoms with Gasteiger partial charge in [-0.3, -0.25) is 0 Å². The highest BCUT2D eigenvalue weighted by Gasteiger charge is 2.33. The lowest BCUT2D eigenvalue weighted by molar-refractivity contribution is 0.0594. The van der Waals surface area contributed by atoms with Crippen LogP contribution in [0.3, 0.4) is 0 Å². The van der Waals surface area contributed by atoms with Crippen LogP contribution in [0.5, 0.6) is 0 Å². The van der Waals surface area contributed by atoms with Crippen molar-refractivity contribution in [3.8, 4) is 0 Å². The standard InChI is InChI=1S/C18H21N3O3S/c1-3-12-6-4-5-7-14(12)20-18(23)21(13-8-9-13)10-16-19-15(11-25-16)17(22)24-2/h4-7,11,13H,3,8-10H2,1-2H3,(H,20,23). The Morgan fingerprint density at radius 2 is 2.12 bits per heavy atom. The first kappa shape index (κ1) is 17.4. The normalized spacial score (nSPS) is 13.4. The van der Waals surface area contributed by atoms with Gasteiger partial charge < -0.3 is 15.0 Å².